The summed E-state index contributed by atoms with van der Waals surface area (Å²) in [5, 5.41) is 2.50. The van der Waals surface area contributed by atoms with Crippen molar-refractivity contribution in [2.45, 2.75) is 33.0 Å². The number of nitrogens with one attached hydrogen (secondary N) is 1. The van der Waals surface area contributed by atoms with Gasteiger partial charge in [-0.1, -0.05) is 0 Å². The molecule has 15 heavy (non-hydrogen) atoms. The number of morpholine rings is 1. The van der Waals surface area contributed by atoms with Crippen LogP contribution >= 0.6 is 0 Å². The number of rotatable bonds is 2. The smallest absolute Gasteiger partial charge is 0.242 e. The number of ether oxygens (including phenoxy) is 1. The largest absolute Gasteiger partial charge is 0.372 e. The van der Waals surface area contributed by atoms with E-state index in [1.807, 2.05) is 13.8 Å². The minimum atomic E-state index is -0.183. The van der Waals surface area contributed by atoms with Crippen molar-refractivity contribution < 1.29 is 14.3 Å². The molecule has 0 radical (unpaired) electrons. The van der Waals surface area contributed by atoms with Crippen molar-refractivity contribution in [3.8, 4) is 0 Å². The van der Waals surface area contributed by atoms with E-state index in [1.54, 1.807) is 4.90 Å². The van der Waals surface area contributed by atoms with Gasteiger partial charge in [-0.25, -0.2) is 0 Å². The Morgan fingerprint density at radius 3 is 2.33 bits per heavy atom. The van der Waals surface area contributed by atoms with Crippen LogP contribution in [-0.4, -0.2) is 48.6 Å². The van der Waals surface area contributed by atoms with E-state index in [4.69, 9.17) is 4.74 Å². The van der Waals surface area contributed by atoms with E-state index in [-0.39, 0.29) is 30.6 Å². The Morgan fingerprint density at radius 2 is 1.87 bits per heavy atom. The van der Waals surface area contributed by atoms with Gasteiger partial charge in [0.15, 0.2) is 0 Å². The minimum absolute atomic E-state index is 0.0489. The summed E-state index contributed by atoms with van der Waals surface area (Å²) in [5.74, 6) is -0.232. The highest BCUT2D eigenvalue weighted by atomic mass is 16.5. The van der Waals surface area contributed by atoms with E-state index in [2.05, 4.69) is 5.32 Å². The fourth-order valence-corrected chi connectivity index (χ4v) is 1.69. The number of hydrogen-bond acceptors (Lipinski definition) is 3. The first-order valence-corrected chi connectivity index (χ1v) is 5.16. The average molecular weight is 214 g/mol. The summed E-state index contributed by atoms with van der Waals surface area (Å²) in [6, 6.07) is 0. The van der Waals surface area contributed by atoms with Crippen LogP contribution in [0.5, 0.6) is 0 Å². The Hall–Kier alpha value is -1.10. The summed E-state index contributed by atoms with van der Waals surface area (Å²) in [6.45, 7) is 6.56. The van der Waals surface area contributed by atoms with Crippen molar-refractivity contribution >= 4 is 11.8 Å². The molecule has 1 heterocycles. The van der Waals surface area contributed by atoms with Gasteiger partial charge in [0.2, 0.25) is 11.8 Å². The summed E-state index contributed by atoms with van der Waals surface area (Å²) in [5.41, 5.74) is 0. The summed E-state index contributed by atoms with van der Waals surface area (Å²) < 4.78 is 5.51. The summed E-state index contributed by atoms with van der Waals surface area (Å²) >= 11 is 0. The zero-order valence-electron chi connectivity index (χ0n) is 9.45. The van der Waals surface area contributed by atoms with Crippen LogP contribution in [0.25, 0.3) is 0 Å². The van der Waals surface area contributed by atoms with E-state index in [9.17, 15) is 9.59 Å². The molecule has 1 aliphatic heterocycles. The zero-order chi connectivity index (χ0) is 11.4. The van der Waals surface area contributed by atoms with Crippen molar-refractivity contribution in [1.82, 2.24) is 10.2 Å². The van der Waals surface area contributed by atoms with Gasteiger partial charge in [0.05, 0.1) is 18.8 Å². The Balaban J connectivity index is 2.41. The second-order valence-corrected chi connectivity index (χ2v) is 3.97. The average Bonchev–Trinajstić information content (AvgIpc) is 2.12. The van der Waals surface area contributed by atoms with Crippen molar-refractivity contribution in [2.75, 3.05) is 19.6 Å². The van der Waals surface area contributed by atoms with Gasteiger partial charge in [0.1, 0.15) is 0 Å². The molecule has 1 fully saturated rings. The Morgan fingerprint density at radius 1 is 1.33 bits per heavy atom. The molecule has 2 amide bonds. The molecule has 0 aromatic rings. The lowest BCUT2D eigenvalue weighted by atomic mass is 10.2. The normalized spacial score (nSPS) is 26.2. The SMILES string of the molecule is CC(=O)NCC(=O)N1CC(C)OC(C)C1. The third-order valence-electron chi connectivity index (χ3n) is 2.26. The molecule has 0 aromatic heterocycles. The van der Waals surface area contributed by atoms with Gasteiger partial charge in [-0.15, -0.1) is 0 Å². The van der Waals surface area contributed by atoms with Gasteiger partial charge in [-0.2, -0.15) is 0 Å². The lowest BCUT2D eigenvalue weighted by Crippen LogP contribution is -2.50. The maximum atomic E-state index is 11.6. The lowest BCUT2D eigenvalue weighted by Gasteiger charge is -2.35. The predicted molar refractivity (Wildman–Crippen MR) is 55.3 cm³/mol. The molecule has 1 rings (SSSR count). The molecule has 0 aromatic carbocycles. The summed E-state index contributed by atoms with van der Waals surface area (Å²) in [7, 11) is 0. The van der Waals surface area contributed by atoms with Gasteiger partial charge in [-0.3, -0.25) is 9.59 Å². The van der Waals surface area contributed by atoms with E-state index in [1.165, 1.54) is 6.92 Å². The molecule has 0 bridgehead atoms. The molecule has 1 N–H and O–H groups in total. The highest BCUT2D eigenvalue weighted by molar-refractivity contribution is 5.83. The van der Waals surface area contributed by atoms with E-state index in [0.717, 1.165) is 0 Å². The Labute approximate surface area is 89.8 Å². The van der Waals surface area contributed by atoms with Crippen LogP contribution in [0.3, 0.4) is 0 Å². The second-order valence-electron chi connectivity index (χ2n) is 3.97. The highest BCUT2D eigenvalue weighted by Gasteiger charge is 2.25. The second kappa shape index (κ2) is 5.11. The number of carbonyl (C=O) groups excluding carboxylic acids is 2. The number of hydrogen-bond donors (Lipinski definition) is 1. The van der Waals surface area contributed by atoms with E-state index >= 15 is 0 Å². The summed E-state index contributed by atoms with van der Waals surface area (Å²) in [4.78, 5) is 24.0. The molecule has 5 nitrogen and oxygen atoms in total. The first-order valence-electron chi connectivity index (χ1n) is 5.16. The monoisotopic (exact) mass is 214 g/mol. The standard InChI is InChI=1S/C10H18N2O3/c1-7-5-12(6-8(2)15-7)10(14)4-11-9(3)13/h7-8H,4-6H2,1-3H3,(H,11,13). The van der Waals surface area contributed by atoms with Crippen molar-refractivity contribution in [1.29, 1.82) is 0 Å². The molecular weight excluding hydrogens is 196 g/mol. The maximum absolute atomic E-state index is 11.6. The quantitative estimate of drug-likeness (QED) is 0.690. The molecular formula is C10H18N2O3. The van der Waals surface area contributed by atoms with Crippen molar-refractivity contribution in [2.24, 2.45) is 0 Å². The van der Waals surface area contributed by atoms with Crippen LogP contribution in [0.2, 0.25) is 0 Å². The fourth-order valence-electron chi connectivity index (χ4n) is 1.69. The summed E-state index contributed by atoms with van der Waals surface area (Å²) in [6.07, 6.45) is 0.130. The van der Waals surface area contributed by atoms with E-state index < -0.39 is 0 Å². The molecule has 1 aliphatic rings. The predicted octanol–water partition coefficient (Wildman–Crippen LogP) is -0.242. The van der Waals surface area contributed by atoms with Gasteiger partial charge < -0.3 is 15.0 Å². The molecule has 86 valence electrons. The van der Waals surface area contributed by atoms with Crippen LogP contribution < -0.4 is 5.32 Å². The molecule has 0 saturated carbocycles. The van der Waals surface area contributed by atoms with Gasteiger partial charge in [0, 0.05) is 20.0 Å². The molecule has 0 spiro atoms. The molecule has 5 heteroatoms. The van der Waals surface area contributed by atoms with Crippen LogP contribution in [0, 0.1) is 0 Å². The van der Waals surface area contributed by atoms with Gasteiger partial charge in [-0.05, 0) is 13.8 Å². The van der Waals surface area contributed by atoms with Crippen LogP contribution in [0.15, 0.2) is 0 Å². The van der Waals surface area contributed by atoms with E-state index in [0.29, 0.717) is 13.1 Å². The molecule has 1 saturated heterocycles. The van der Waals surface area contributed by atoms with Crippen LogP contribution in [0.1, 0.15) is 20.8 Å². The highest BCUT2D eigenvalue weighted by Crippen LogP contribution is 2.10. The number of carbonyl (C=O) groups is 2. The number of amides is 2. The van der Waals surface area contributed by atoms with Crippen LogP contribution in [-0.2, 0) is 14.3 Å². The van der Waals surface area contributed by atoms with Gasteiger partial charge in [0.25, 0.3) is 0 Å². The minimum Gasteiger partial charge on any atom is -0.372 e. The van der Waals surface area contributed by atoms with Gasteiger partial charge >= 0.3 is 0 Å². The molecule has 2 atom stereocenters. The van der Waals surface area contributed by atoms with Crippen molar-refractivity contribution in [3.05, 3.63) is 0 Å². The van der Waals surface area contributed by atoms with Crippen molar-refractivity contribution in [3.63, 3.8) is 0 Å². The van der Waals surface area contributed by atoms with Crippen LogP contribution in [0.4, 0.5) is 0 Å². The lowest BCUT2D eigenvalue weighted by molar-refractivity contribution is -0.143. The maximum Gasteiger partial charge on any atom is 0.242 e. The number of nitrogens with zero attached hydrogens (tertiary/aromatic N) is 1. The topological polar surface area (TPSA) is 58.6 Å². The fraction of sp³-hybridized carbons (Fsp3) is 0.800. The Bertz CT molecular complexity index is 245. The first-order chi connectivity index (χ1) is 6.99. The third-order valence-corrected chi connectivity index (χ3v) is 2.26. The first kappa shape index (κ1) is 12.0. The zero-order valence-corrected chi connectivity index (χ0v) is 9.45. The third kappa shape index (κ3) is 3.87. The molecule has 2 unspecified atom stereocenters. The molecule has 0 aliphatic carbocycles. The Kier molecular flexibility index (Phi) is 4.08.